The van der Waals surface area contributed by atoms with Gasteiger partial charge in [-0.1, -0.05) is 43.9 Å². The molecule has 2 nitrogen and oxygen atoms in total. The summed E-state index contributed by atoms with van der Waals surface area (Å²) in [6.07, 6.45) is 0.572. The Balaban J connectivity index is 2.29. The average Bonchev–Trinajstić information content (AvgIpc) is 2.81. The third-order valence-corrected chi connectivity index (χ3v) is 3.28. The number of hydrogen-bond donors (Lipinski definition) is 0. The first-order chi connectivity index (χ1) is 7.48. The molecule has 1 aliphatic rings. The fraction of sp³-hybridized carbons (Fsp3) is 0.357. The summed E-state index contributed by atoms with van der Waals surface area (Å²) in [5.74, 6) is 4.72. The minimum absolute atomic E-state index is 0.270. The predicted octanol–water partition coefficient (Wildman–Crippen LogP) is 1.20. The maximum absolute atomic E-state index is 11.1. The number of hydrogen-bond acceptors (Lipinski definition) is 2. The smallest absolute Gasteiger partial charge is 0.0768 e. The van der Waals surface area contributed by atoms with E-state index >= 15 is 0 Å². The molecule has 1 unspecified atom stereocenters. The molecule has 0 amide bonds. The highest BCUT2D eigenvalue weighted by Crippen LogP contribution is 2.62. The summed E-state index contributed by atoms with van der Waals surface area (Å²) >= 11 is 0. The van der Waals surface area contributed by atoms with Crippen molar-refractivity contribution in [2.45, 2.75) is 20.3 Å². The van der Waals surface area contributed by atoms with Crippen molar-refractivity contribution in [3.63, 3.8) is 0 Å². The van der Waals surface area contributed by atoms with Crippen molar-refractivity contribution in [1.82, 2.24) is 0 Å². The Hall–Kier alpha value is -1.75. The molecule has 0 saturated heterocycles. The van der Waals surface area contributed by atoms with Gasteiger partial charge in [0, 0.05) is 5.56 Å². The van der Waals surface area contributed by atoms with Crippen LogP contribution in [0.25, 0.3) is 0 Å². The third-order valence-electron chi connectivity index (χ3n) is 3.28. The molecule has 1 aromatic rings. The highest BCUT2D eigenvalue weighted by molar-refractivity contribution is 5.82. The number of carboxylic acids is 1. The van der Waals surface area contributed by atoms with E-state index in [-0.39, 0.29) is 5.41 Å². The van der Waals surface area contributed by atoms with Crippen molar-refractivity contribution < 1.29 is 9.90 Å². The zero-order chi connectivity index (χ0) is 11.8. The molecule has 1 aliphatic carbocycles. The molecule has 2 rings (SSSR count). The Morgan fingerprint density at radius 1 is 1.31 bits per heavy atom. The quantitative estimate of drug-likeness (QED) is 0.658. The second kappa shape index (κ2) is 3.38. The van der Waals surface area contributed by atoms with Gasteiger partial charge in [0.05, 0.1) is 11.4 Å². The highest BCUT2D eigenvalue weighted by atomic mass is 16.4. The van der Waals surface area contributed by atoms with Gasteiger partial charge in [-0.05, 0) is 24.0 Å². The van der Waals surface area contributed by atoms with Gasteiger partial charge in [-0.3, -0.25) is 0 Å². The molecular formula is C14H13O2-. The van der Waals surface area contributed by atoms with E-state index in [1.807, 2.05) is 44.2 Å². The fourth-order valence-corrected chi connectivity index (χ4v) is 1.93. The maximum Gasteiger partial charge on any atom is 0.0768 e. The third kappa shape index (κ3) is 1.59. The Morgan fingerprint density at radius 3 is 2.31 bits per heavy atom. The summed E-state index contributed by atoms with van der Waals surface area (Å²) in [6.45, 7) is 3.81. The summed E-state index contributed by atoms with van der Waals surface area (Å²) in [5.41, 5.74) is -0.387. The van der Waals surface area contributed by atoms with Crippen LogP contribution >= 0.6 is 0 Å². The first-order valence-electron chi connectivity index (χ1n) is 5.28. The minimum atomic E-state index is -1.05. The molecule has 0 spiro atoms. The largest absolute Gasteiger partial charge is 0.548 e. The van der Waals surface area contributed by atoms with Crippen LogP contribution in [-0.2, 0) is 4.79 Å². The van der Waals surface area contributed by atoms with E-state index in [0.29, 0.717) is 6.42 Å². The van der Waals surface area contributed by atoms with Crippen LogP contribution in [0.3, 0.4) is 0 Å². The van der Waals surface area contributed by atoms with E-state index in [1.165, 1.54) is 0 Å². The lowest BCUT2D eigenvalue weighted by Crippen LogP contribution is -2.34. The Labute approximate surface area is 95.3 Å². The molecule has 1 fully saturated rings. The highest BCUT2D eigenvalue weighted by Gasteiger charge is 2.61. The van der Waals surface area contributed by atoms with Gasteiger partial charge in [0.15, 0.2) is 0 Å². The Kier molecular flexibility index (Phi) is 2.27. The van der Waals surface area contributed by atoms with Gasteiger partial charge in [-0.25, -0.2) is 0 Å². The standard InChI is InChI=1S/C14H14O2/c1-13(2)10-14(13,12(15)16)9-8-11-6-4-3-5-7-11/h3-7H,10H2,1-2H3,(H,15,16)/p-1. The van der Waals surface area contributed by atoms with Crippen LogP contribution in [-0.4, -0.2) is 5.97 Å². The van der Waals surface area contributed by atoms with Crippen LogP contribution in [0.2, 0.25) is 0 Å². The van der Waals surface area contributed by atoms with Crippen molar-refractivity contribution in [3.05, 3.63) is 35.9 Å². The lowest BCUT2D eigenvalue weighted by Gasteiger charge is -2.14. The van der Waals surface area contributed by atoms with Crippen molar-refractivity contribution >= 4 is 5.97 Å². The monoisotopic (exact) mass is 213 g/mol. The molecule has 0 aromatic heterocycles. The lowest BCUT2D eigenvalue weighted by atomic mass is 9.96. The lowest BCUT2D eigenvalue weighted by molar-refractivity contribution is -0.312. The van der Waals surface area contributed by atoms with Gasteiger partial charge < -0.3 is 9.90 Å². The van der Waals surface area contributed by atoms with Gasteiger partial charge in [-0.15, -0.1) is 0 Å². The molecule has 0 radical (unpaired) electrons. The van der Waals surface area contributed by atoms with E-state index in [4.69, 9.17) is 0 Å². The van der Waals surface area contributed by atoms with Crippen molar-refractivity contribution in [2.75, 3.05) is 0 Å². The first-order valence-corrected chi connectivity index (χ1v) is 5.28. The summed E-state index contributed by atoms with van der Waals surface area (Å²) in [4.78, 5) is 11.1. The topological polar surface area (TPSA) is 40.1 Å². The van der Waals surface area contributed by atoms with Gasteiger partial charge in [0.2, 0.25) is 0 Å². The Bertz CT molecular complexity index is 476. The number of carboxylic acid groups (broad SMARTS) is 1. The molecular weight excluding hydrogens is 200 g/mol. The second-order valence-corrected chi connectivity index (χ2v) is 4.87. The van der Waals surface area contributed by atoms with E-state index in [0.717, 1.165) is 5.56 Å². The molecule has 1 saturated carbocycles. The van der Waals surface area contributed by atoms with E-state index in [9.17, 15) is 9.90 Å². The fourth-order valence-electron chi connectivity index (χ4n) is 1.93. The molecule has 1 atom stereocenters. The average molecular weight is 213 g/mol. The molecule has 0 bridgehead atoms. The van der Waals surface area contributed by atoms with Crippen LogP contribution in [0.4, 0.5) is 0 Å². The van der Waals surface area contributed by atoms with E-state index in [1.54, 1.807) is 0 Å². The van der Waals surface area contributed by atoms with Crippen molar-refractivity contribution in [2.24, 2.45) is 10.8 Å². The number of carbonyl (C=O) groups is 1. The normalized spacial score (nSPS) is 25.4. The summed E-state index contributed by atoms with van der Waals surface area (Å²) < 4.78 is 0. The maximum atomic E-state index is 11.1. The zero-order valence-corrected chi connectivity index (χ0v) is 9.41. The van der Waals surface area contributed by atoms with Gasteiger partial charge in [-0.2, -0.15) is 0 Å². The number of rotatable bonds is 1. The van der Waals surface area contributed by atoms with Crippen LogP contribution in [0, 0.1) is 22.7 Å². The molecule has 0 N–H and O–H groups in total. The first kappa shape index (κ1) is 10.8. The molecule has 82 valence electrons. The van der Waals surface area contributed by atoms with Crippen LogP contribution < -0.4 is 5.11 Å². The zero-order valence-electron chi connectivity index (χ0n) is 9.41. The van der Waals surface area contributed by atoms with Crippen molar-refractivity contribution in [1.29, 1.82) is 0 Å². The number of aliphatic carboxylic acids is 1. The second-order valence-electron chi connectivity index (χ2n) is 4.87. The summed E-state index contributed by atoms with van der Waals surface area (Å²) in [7, 11) is 0. The van der Waals surface area contributed by atoms with Gasteiger partial charge in [0.25, 0.3) is 0 Å². The molecule has 16 heavy (non-hydrogen) atoms. The predicted molar refractivity (Wildman–Crippen MR) is 59.2 cm³/mol. The Morgan fingerprint density at radius 2 is 1.88 bits per heavy atom. The summed E-state index contributed by atoms with van der Waals surface area (Å²) in [6, 6.07) is 9.40. The molecule has 2 heteroatoms. The van der Waals surface area contributed by atoms with E-state index < -0.39 is 11.4 Å². The molecule has 0 aliphatic heterocycles. The van der Waals surface area contributed by atoms with Crippen LogP contribution in [0.1, 0.15) is 25.8 Å². The SMILES string of the molecule is CC1(C)CC1(C#Cc1ccccc1)C(=O)[O-]. The van der Waals surface area contributed by atoms with Gasteiger partial charge >= 0.3 is 0 Å². The van der Waals surface area contributed by atoms with Crippen molar-refractivity contribution in [3.8, 4) is 11.8 Å². The van der Waals surface area contributed by atoms with Gasteiger partial charge in [0.1, 0.15) is 0 Å². The minimum Gasteiger partial charge on any atom is -0.548 e. The number of benzene rings is 1. The van der Waals surface area contributed by atoms with E-state index in [2.05, 4.69) is 11.8 Å². The summed E-state index contributed by atoms with van der Waals surface area (Å²) in [5, 5.41) is 11.1. The molecule has 0 heterocycles. The number of carbonyl (C=O) groups excluding carboxylic acids is 1. The van der Waals surface area contributed by atoms with Crippen LogP contribution in [0.5, 0.6) is 0 Å². The van der Waals surface area contributed by atoms with Crippen LogP contribution in [0.15, 0.2) is 30.3 Å². The molecule has 1 aromatic carbocycles.